The number of hydrogen-bond acceptors (Lipinski definition) is 5. The number of ether oxygens (including phenoxy) is 1. The predicted molar refractivity (Wildman–Crippen MR) is 94.0 cm³/mol. The minimum atomic E-state index is -0.682. The summed E-state index contributed by atoms with van der Waals surface area (Å²) in [7, 11) is 0. The molecule has 6 nitrogen and oxygen atoms in total. The molecule has 1 aliphatic rings. The fourth-order valence-corrected chi connectivity index (χ4v) is 2.81. The molecule has 0 unspecified atom stereocenters. The van der Waals surface area contributed by atoms with E-state index >= 15 is 0 Å². The van der Waals surface area contributed by atoms with Crippen molar-refractivity contribution in [3.63, 3.8) is 0 Å². The van der Waals surface area contributed by atoms with Crippen molar-refractivity contribution in [1.82, 2.24) is 5.06 Å². The highest BCUT2D eigenvalue weighted by atomic mass is 35.5. The van der Waals surface area contributed by atoms with E-state index in [-0.39, 0.29) is 24.2 Å². The van der Waals surface area contributed by atoms with Crippen molar-refractivity contribution in [2.75, 3.05) is 6.61 Å². The van der Waals surface area contributed by atoms with Gasteiger partial charge in [-0.15, -0.1) is 0 Å². The second-order valence-electron chi connectivity index (χ2n) is 5.80. The minimum Gasteiger partial charge on any atom is -0.492 e. The topological polar surface area (TPSA) is 72.9 Å². The van der Waals surface area contributed by atoms with Crippen LogP contribution >= 0.6 is 11.6 Å². The lowest BCUT2D eigenvalue weighted by molar-refractivity contribution is -0.168. The van der Waals surface area contributed by atoms with Crippen LogP contribution in [-0.2, 0) is 9.63 Å². The molecule has 0 aliphatic carbocycles. The molecule has 1 aliphatic heterocycles. The monoisotopic (exact) mass is 373 g/mol. The molecule has 0 aromatic heterocycles. The summed E-state index contributed by atoms with van der Waals surface area (Å²) in [6, 6.07) is 11.7. The van der Waals surface area contributed by atoms with Crippen LogP contribution in [0.1, 0.15) is 39.1 Å². The Kier molecular flexibility index (Phi) is 5.23. The maximum Gasteiger partial charge on any atom is 0.333 e. The number of rotatable bonds is 6. The lowest BCUT2D eigenvalue weighted by Crippen LogP contribution is -2.32. The summed E-state index contributed by atoms with van der Waals surface area (Å²) >= 11 is 6.06. The molecule has 0 N–H and O–H groups in total. The van der Waals surface area contributed by atoms with E-state index in [1.165, 1.54) is 12.1 Å². The molecule has 0 radical (unpaired) electrons. The Hall–Kier alpha value is -2.86. The molecule has 2 amide bonds. The molecule has 1 heterocycles. The zero-order chi connectivity index (χ0) is 18.7. The van der Waals surface area contributed by atoms with Gasteiger partial charge in [0.2, 0.25) is 0 Å². The number of amides is 2. The number of benzene rings is 2. The highest BCUT2D eigenvalue weighted by Gasteiger charge is 2.38. The van der Waals surface area contributed by atoms with E-state index in [1.807, 2.05) is 13.0 Å². The summed E-state index contributed by atoms with van der Waals surface area (Å²) in [4.78, 5) is 41.1. The van der Waals surface area contributed by atoms with Crippen molar-refractivity contribution >= 4 is 29.4 Å². The molecule has 0 saturated carbocycles. The third-order valence-electron chi connectivity index (χ3n) is 3.82. The number of nitrogens with zero attached hydrogens (tertiary/aromatic N) is 1. The number of hydroxylamine groups is 2. The van der Waals surface area contributed by atoms with Crippen molar-refractivity contribution in [2.45, 2.75) is 19.8 Å². The summed E-state index contributed by atoms with van der Waals surface area (Å²) in [6.45, 7) is 2.17. The van der Waals surface area contributed by atoms with Gasteiger partial charge in [0, 0.05) is 0 Å². The summed E-state index contributed by atoms with van der Waals surface area (Å²) in [5.74, 6) is -1.42. The number of carbonyl (C=O) groups is 3. The second kappa shape index (κ2) is 7.58. The van der Waals surface area contributed by atoms with Crippen molar-refractivity contribution in [3.05, 3.63) is 64.2 Å². The Morgan fingerprint density at radius 1 is 1.08 bits per heavy atom. The van der Waals surface area contributed by atoms with Gasteiger partial charge in [-0.25, -0.2) is 4.79 Å². The SMILES string of the molecule is Cc1ccc(OCCCC(=O)ON2C(=O)c3ccccc3C2=O)c(Cl)c1. The van der Waals surface area contributed by atoms with Crippen molar-refractivity contribution in [2.24, 2.45) is 0 Å². The largest absolute Gasteiger partial charge is 0.492 e. The Morgan fingerprint density at radius 3 is 2.35 bits per heavy atom. The zero-order valence-electron chi connectivity index (χ0n) is 14.0. The van der Waals surface area contributed by atoms with Gasteiger partial charge in [-0.3, -0.25) is 9.59 Å². The van der Waals surface area contributed by atoms with Crippen LogP contribution in [0.5, 0.6) is 5.75 Å². The molecule has 26 heavy (non-hydrogen) atoms. The van der Waals surface area contributed by atoms with E-state index < -0.39 is 17.8 Å². The van der Waals surface area contributed by atoms with Crippen LogP contribution in [0.3, 0.4) is 0 Å². The molecule has 0 spiro atoms. The predicted octanol–water partition coefficient (Wildman–Crippen LogP) is 3.56. The van der Waals surface area contributed by atoms with E-state index in [9.17, 15) is 14.4 Å². The third-order valence-corrected chi connectivity index (χ3v) is 4.12. The molecule has 3 rings (SSSR count). The minimum absolute atomic E-state index is 0.00309. The lowest BCUT2D eigenvalue weighted by Gasteiger charge is -2.13. The molecular formula is C19H16ClNO5. The third kappa shape index (κ3) is 3.70. The standard InChI is InChI=1S/C19H16ClNO5/c1-12-8-9-16(15(20)11-12)25-10-4-7-17(22)26-21-18(23)13-5-2-3-6-14(13)19(21)24/h2-3,5-6,8-9,11H,4,7,10H2,1H3. The first kappa shape index (κ1) is 17.9. The van der Waals surface area contributed by atoms with Gasteiger partial charge >= 0.3 is 5.97 Å². The van der Waals surface area contributed by atoms with Crippen LogP contribution in [0.2, 0.25) is 5.02 Å². The van der Waals surface area contributed by atoms with E-state index in [1.54, 1.807) is 24.3 Å². The fourth-order valence-electron chi connectivity index (χ4n) is 2.52. The highest BCUT2D eigenvalue weighted by Crippen LogP contribution is 2.25. The van der Waals surface area contributed by atoms with Crippen molar-refractivity contribution in [3.8, 4) is 5.75 Å². The molecule has 0 saturated heterocycles. The number of halogens is 1. The van der Waals surface area contributed by atoms with Gasteiger partial charge in [-0.05, 0) is 43.2 Å². The van der Waals surface area contributed by atoms with Gasteiger partial charge in [0.15, 0.2) is 0 Å². The van der Waals surface area contributed by atoms with Gasteiger partial charge in [0.25, 0.3) is 11.8 Å². The van der Waals surface area contributed by atoms with Gasteiger partial charge < -0.3 is 9.57 Å². The maximum atomic E-state index is 12.1. The average molecular weight is 374 g/mol. The molecule has 0 fully saturated rings. The highest BCUT2D eigenvalue weighted by molar-refractivity contribution is 6.32. The van der Waals surface area contributed by atoms with Crippen LogP contribution < -0.4 is 4.74 Å². The smallest absolute Gasteiger partial charge is 0.333 e. The van der Waals surface area contributed by atoms with Gasteiger partial charge in [0.1, 0.15) is 5.75 Å². The first-order valence-electron chi connectivity index (χ1n) is 8.05. The number of imide groups is 1. The number of aryl methyl sites for hydroxylation is 1. The lowest BCUT2D eigenvalue weighted by atomic mass is 10.1. The van der Waals surface area contributed by atoms with Crippen LogP contribution in [0.25, 0.3) is 0 Å². The van der Waals surface area contributed by atoms with Gasteiger partial charge in [0.05, 0.1) is 29.2 Å². The normalized spacial score (nSPS) is 12.9. The molecule has 134 valence electrons. The summed E-state index contributed by atoms with van der Waals surface area (Å²) < 4.78 is 5.52. The van der Waals surface area contributed by atoms with Crippen molar-refractivity contribution < 1.29 is 24.0 Å². The molecule has 0 bridgehead atoms. The van der Waals surface area contributed by atoms with Crippen LogP contribution in [-0.4, -0.2) is 29.5 Å². The molecule has 2 aromatic rings. The summed E-state index contributed by atoms with van der Waals surface area (Å²) in [5, 5.41) is 1.00. The quantitative estimate of drug-likeness (QED) is 0.571. The maximum absolute atomic E-state index is 12.1. The van der Waals surface area contributed by atoms with Crippen LogP contribution in [0.15, 0.2) is 42.5 Å². The summed E-state index contributed by atoms with van der Waals surface area (Å²) in [5.41, 5.74) is 1.47. The van der Waals surface area contributed by atoms with E-state index in [4.69, 9.17) is 21.2 Å². The van der Waals surface area contributed by atoms with E-state index in [2.05, 4.69) is 0 Å². The van der Waals surface area contributed by atoms with Gasteiger partial charge in [-0.2, -0.15) is 0 Å². The van der Waals surface area contributed by atoms with Crippen LogP contribution in [0, 0.1) is 6.92 Å². The molecule has 0 atom stereocenters. The Bertz CT molecular complexity index is 845. The number of fused-ring (bicyclic) bond motifs is 1. The first-order chi connectivity index (χ1) is 12.5. The van der Waals surface area contributed by atoms with E-state index in [0.717, 1.165) is 5.56 Å². The zero-order valence-corrected chi connectivity index (χ0v) is 14.8. The first-order valence-corrected chi connectivity index (χ1v) is 8.42. The van der Waals surface area contributed by atoms with Crippen molar-refractivity contribution in [1.29, 1.82) is 0 Å². The average Bonchev–Trinajstić information content (AvgIpc) is 2.85. The van der Waals surface area contributed by atoms with E-state index in [0.29, 0.717) is 22.3 Å². The van der Waals surface area contributed by atoms with Gasteiger partial charge in [-0.1, -0.05) is 34.9 Å². The number of carbonyl (C=O) groups excluding carboxylic acids is 3. The summed E-state index contributed by atoms with van der Waals surface area (Å²) in [6.07, 6.45) is 0.350. The Morgan fingerprint density at radius 2 is 1.73 bits per heavy atom. The van der Waals surface area contributed by atoms with Crippen LogP contribution in [0.4, 0.5) is 0 Å². The second-order valence-corrected chi connectivity index (χ2v) is 6.21. The molecular weight excluding hydrogens is 358 g/mol. The Labute approximate surface area is 155 Å². The Balaban J connectivity index is 1.48. The number of hydrogen-bond donors (Lipinski definition) is 0. The fraction of sp³-hybridized carbons (Fsp3) is 0.211. The molecule has 7 heteroatoms. The molecule has 2 aromatic carbocycles.